The lowest BCUT2D eigenvalue weighted by Gasteiger charge is -2.52. The molecule has 3 rings (SSSR count). The highest BCUT2D eigenvalue weighted by atomic mass is 16.4. The van der Waals surface area contributed by atoms with Crippen molar-refractivity contribution in [2.75, 3.05) is 0 Å². The highest BCUT2D eigenvalue weighted by Gasteiger charge is 2.54. The third-order valence-electron chi connectivity index (χ3n) is 5.85. The van der Waals surface area contributed by atoms with Gasteiger partial charge in [0.1, 0.15) is 0 Å². The molecular weight excluding hydrogens is 260 g/mol. The molecule has 2 unspecified atom stereocenters. The van der Waals surface area contributed by atoms with E-state index in [1.807, 2.05) is 6.07 Å². The van der Waals surface area contributed by atoms with Crippen LogP contribution in [0.25, 0.3) is 0 Å². The first kappa shape index (κ1) is 15.1. The molecule has 1 aromatic carbocycles. The number of hydrogen-bond donors (Lipinski definition) is 2. The first-order valence-electron chi connectivity index (χ1n) is 8.63. The maximum atomic E-state index is 11.4. The predicted molar refractivity (Wildman–Crippen MR) is 85.1 cm³/mol. The summed E-state index contributed by atoms with van der Waals surface area (Å²) in [5.74, 6) is 0.191. The average molecular weight is 288 g/mol. The Hall–Kier alpha value is -0.860. The van der Waals surface area contributed by atoms with Crippen molar-refractivity contribution in [3.05, 3.63) is 35.9 Å². The minimum absolute atomic E-state index is 0.191. The van der Waals surface area contributed by atoms with Gasteiger partial charge in [0.15, 0.2) is 0 Å². The summed E-state index contributed by atoms with van der Waals surface area (Å²) in [6.07, 6.45) is 9.76. The molecule has 2 nitrogen and oxygen atoms in total. The van der Waals surface area contributed by atoms with Crippen LogP contribution < -0.4 is 0 Å². The zero-order valence-corrected chi connectivity index (χ0v) is 12.9. The van der Waals surface area contributed by atoms with Crippen molar-refractivity contribution in [2.24, 2.45) is 5.92 Å². The van der Waals surface area contributed by atoms with Gasteiger partial charge in [0, 0.05) is 0 Å². The molecule has 2 atom stereocenters. The summed E-state index contributed by atoms with van der Waals surface area (Å²) in [5, 5.41) is 22.6. The molecule has 116 valence electrons. The van der Waals surface area contributed by atoms with Crippen LogP contribution in [0.3, 0.4) is 0 Å². The first-order valence-corrected chi connectivity index (χ1v) is 8.63. The second-order valence-electron chi connectivity index (χ2n) is 7.15. The van der Waals surface area contributed by atoms with E-state index in [9.17, 15) is 10.2 Å². The van der Waals surface area contributed by atoms with E-state index in [0.717, 1.165) is 51.4 Å². The van der Waals surface area contributed by atoms with Gasteiger partial charge in [-0.2, -0.15) is 0 Å². The highest BCUT2D eigenvalue weighted by Crippen LogP contribution is 2.48. The molecule has 0 aromatic heterocycles. The van der Waals surface area contributed by atoms with Crippen molar-refractivity contribution in [1.82, 2.24) is 0 Å². The smallest absolute Gasteiger partial charge is 0.0964 e. The normalized spacial score (nSPS) is 32.8. The Labute approximate surface area is 128 Å². The van der Waals surface area contributed by atoms with Crippen LogP contribution in [0.1, 0.15) is 63.4 Å². The van der Waals surface area contributed by atoms with Crippen LogP contribution in [-0.4, -0.2) is 21.4 Å². The minimum Gasteiger partial charge on any atom is -0.387 e. The number of rotatable bonds is 3. The highest BCUT2D eigenvalue weighted by molar-refractivity contribution is 5.18. The Kier molecular flexibility index (Phi) is 4.37. The molecule has 2 aliphatic rings. The molecule has 0 amide bonds. The van der Waals surface area contributed by atoms with Gasteiger partial charge < -0.3 is 10.2 Å². The van der Waals surface area contributed by atoms with Crippen LogP contribution in [0, 0.1) is 5.92 Å². The molecule has 0 saturated heterocycles. The summed E-state index contributed by atoms with van der Waals surface area (Å²) in [7, 11) is 0. The Morgan fingerprint density at radius 3 is 2.24 bits per heavy atom. The van der Waals surface area contributed by atoms with E-state index in [4.69, 9.17) is 0 Å². The molecule has 1 aromatic rings. The molecule has 0 spiro atoms. The lowest BCUT2D eigenvalue weighted by Crippen LogP contribution is -2.61. The molecule has 2 N–H and O–H groups in total. The predicted octanol–water partition coefficient (Wildman–Crippen LogP) is 3.85. The molecule has 0 aliphatic heterocycles. The van der Waals surface area contributed by atoms with Crippen LogP contribution in [0.5, 0.6) is 0 Å². The molecule has 0 heterocycles. The van der Waals surface area contributed by atoms with Crippen molar-refractivity contribution in [3.63, 3.8) is 0 Å². The van der Waals surface area contributed by atoms with Gasteiger partial charge in [-0.05, 0) is 43.6 Å². The third-order valence-corrected chi connectivity index (χ3v) is 5.85. The number of benzene rings is 1. The summed E-state index contributed by atoms with van der Waals surface area (Å²) in [6.45, 7) is 0. The average Bonchev–Trinajstić information content (AvgIpc) is 2.51. The Bertz CT molecular complexity index is 450. The number of hydrogen-bond acceptors (Lipinski definition) is 2. The molecule has 0 bridgehead atoms. The van der Waals surface area contributed by atoms with Gasteiger partial charge in [-0.15, -0.1) is 0 Å². The molecular formula is C19H28O2. The van der Waals surface area contributed by atoms with Crippen LogP contribution >= 0.6 is 0 Å². The van der Waals surface area contributed by atoms with Crippen molar-refractivity contribution in [1.29, 1.82) is 0 Å². The van der Waals surface area contributed by atoms with Gasteiger partial charge in [0.05, 0.1) is 11.2 Å². The fourth-order valence-electron chi connectivity index (χ4n) is 4.58. The van der Waals surface area contributed by atoms with E-state index in [2.05, 4.69) is 24.3 Å². The van der Waals surface area contributed by atoms with E-state index in [0.29, 0.717) is 0 Å². The van der Waals surface area contributed by atoms with E-state index < -0.39 is 11.2 Å². The Balaban J connectivity index is 1.83. The second kappa shape index (κ2) is 6.10. The molecule has 2 fully saturated rings. The van der Waals surface area contributed by atoms with E-state index >= 15 is 0 Å². The lowest BCUT2D eigenvalue weighted by molar-refractivity contribution is -0.208. The van der Waals surface area contributed by atoms with Gasteiger partial charge in [0.25, 0.3) is 0 Å². The Morgan fingerprint density at radius 2 is 1.52 bits per heavy atom. The molecule has 0 radical (unpaired) electrons. The lowest BCUT2D eigenvalue weighted by atomic mass is 9.60. The van der Waals surface area contributed by atoms with Crippen molar-refractivity contribution >= 4 is 0 Å². The largest absolute Gasteiger partial charge is 0.387 e. The van der Waals surface area contributed by atoms with E-state index in [1.54, 1.807) is 0 Å². The quantitative estimate of drug-likeness (QED) is 0.887. The zero-order chi connectivity index (χ0) is 14.8. The minimum atomic E-state index is -0.887. The van der Waals surface area contributed by atoms with Crippen molar-refractivity contribution < 1.29 is 10.2 Å². The zero-order valence-electron chi connectivity index (χ0n) is 12.9. The van der Waals surface area contributed by atoms with Crippen LogP contribution in [0.4, 0.5) is 0 Å². The SMILES string of the molecule is OC1(C2(O)CCCCC2Cc2ccccc2)CCCCC1. The summed E-state index contributed by atoms with van der Waals surface area (Å²) >= 11 is 0. The maximum Gasteiger partial charge on any atom is 0.0964 e. The van der Waals surface area contributed by atoms with Crippen LogP contribution in [0.15, 0.2) is 30.3 Å². The summed E-state index contributed by atoms with van der Waals surface area (Å²) < 4.78 is 0. The Morgan fingerprint density at radius 1 is 0.857 bits per heavy atom. The summed E-state index contributed by atoms with van der Waals surface area (Å²) in [5.41, 5.74) is -0.464. The topological polar surface area (TPSA) is 40.5 Å². The standard InChI is InChI=1S/C19H28O2/c20-18(12-6-2-7-13-18)19(21)14-8-5-11-17(19)15-16-9-3-1-4-10-16/h1,3-4,9-10,17,20-21H,2,5-8,11-15H2. The monoisotopic (exact) mass is 288 g/mol. The van der Waals surface area contributed by atoms with Gasteiger partial charge in [-0.3, -0.25) is 0 Å². The van der Waals surface area contributed by atoms with E-state index in [-0.39, 0.29) is 5.92 Å². The van der Waals surface area contributed by atoms with Gasteiger partial charge in [-0.25, -0.2) is 0 Å². The fraction of sp³-hybridized carbons (Fsp3) is 0.684. The molecule has 21 heavy (non-hydrogen) atoms. The molecule has 2 heteroatoms. The summed E-state index contributed by atoms with van der Waals surface area (Å²) in [4.78, 5) is 0. The van der Waals surface area contributed by atoms with Crippen molar-refractivity contribution in [3.8, 4) is 0 Å². The molecule has 2 saturated carbocycles. The van der Waals surface area contributed by atoms with Crippen molar-refractivity contribution in [2.45, 2.75) is 75.4 Å². The second-order valence-corrected chi connectivity index (χ2v) is 7.15. The van der Waals surface area contributed by atoms with Crippen LogP contribution in [-0.2, 0) is 6.42 Å². The number of aliphatic hydroxyl groups is 2. The third kappa shape index (κ3) is 2.89. The van der Waals surface area contributed by atoms with Gasteiger partial charge in [-0.1, -0.05) is 62.4 Å². The van der Waals surface area contributed by atoms with E-state index in [1.165, 1.54) is 18.4 Å². The fourth-order valence-corrected chi connectivity index (χ4v) is 4.58. The first-order chi connectivity index (χ1) is 10.1. The maximum absolute atomic E-state index is 11.4. The van der Waals surface area contributed by atoms with Gasteiger partial charge in [0.2, 0.25) is 0 Å². The summed E-state index contributed by atoms with van der Waals surface area (Å²) in [6, 6.07) is 10.4. The van der Waals surface area contributed by atoms with Gasteiger partial charge >= 0.3 is 0 Å². The van der Waals surface area contributed by atoms with Crippen LogP contribution in [0.2, 0.25) is 0 Å². The molecule has 2 aliphatic carbocycles.